The molecule has 0 bridgehead atoms. The van der Waals surface area contributed by atoms with Crippen LogP contribution in [0.4, 0.5) is 5.95 Å². The Morgan fingerprint density at radius 1 is 1.10 bits per heavy atom. The van der Waals surface area contributed by atoms with Crippen molar-refractivity contribution in [3.63, 3.8) is 0 Å². The van der Waals surface area contributed by atoms with Gasteiger partial charge in [-0.05, 0) is 52.6 Å². The summed E-state index contributed by atoms with van der Waals surface area (Å²) in [5.41, 5.74) is 1.62. The zero-order valence-corrected chi connectivity index (χ0v) is 25.0. The molecule has 3 aromatic rings. The molecule has 1 N–H and O–H groups in total. The quantitative estimate of drug-likeness (QED) is 0.232. The highest BCUT2D eigenvalue weighted by Gasteiger charge is 2.35. The molecule has 0 amide bonds. The molecule has 0 saturated heterocycles. The number of hydrogen-bond acceptors (Lipinski definition) is 10. The van der Waals surface area contributed by atoms with E-state index in [1.54, 1.807) is 42.6 Å². The van der Waals surface area contributed by atoms with Gasteiger partial charge in [0.2, 0.25) is 21.9 Å². The number of aromatic nitrogens is 4. The van der Waals surface area contributed by atoms with Crippen molar-refractivity contribution in [3.05, 3.63) is 48.2 Å². The smallest absolute Gasteiger partial charge is 0.243 e. The van der Waals surface area contributed by atoms with E-state index in [0.29, 0.717) is 35.4 Å². The van der Waals surface area contributed by atoms with E-state index in [4.69, 9.17) is 18.9 Å². The van der Waals surface area contributed by atoms with Crippen LogP contribution in [0.15, 0.2) is 58.2 Å². The average Bonchev–Trinajstić information content (AvgIpc) is 3.36. The van der Waals surface area contributed by atoms with Crippen molar-refractivity contribution in [2.75, 3.05) is 32.7 Å². The van der Waals surface area contributed by atoms with Gasteiger partial charge in [0.15, 0.2) is 11.7 Å². The van der Waals surface area contributed by atoms with Gasteiger partial charge < -0.3 is 18.9 Å². The first-order chi connectivity index (χ1) is 19.6. The number of sulfonamides is 1. The summed E-state index contributed by atoms with van der Waals surface area (Å²) < 4.78 is 53.8. The van der Waals surface area contributed by atoms with E-state index in [1.807, 2.05) is 20.8 Å². The first-order valence-corrected chi connectivity index (χ1v) is 14.2. The van der Waals surface area contributed by atoms with Crippen LogP contribution >= 0.6 is 0 Å². The molecule has 2 aromatic heterocycles. The minimum absolute atomic E-state index is 0.108. The summed E-state index contributed by atoms with van der Waals surface area (Å²) in [6.45, 7) is 11.0. The van der Waals surface area contributed by atoms with Crippen molar-refractivity contribution in [2.45, 2.75) is 39.0 Å². The van der Waals surface area contributed by atoms with E-state index in [0.717, 1.165) is 5.57 Å². The minimum atomic E-state index is -4.19. The van der Waals surface area contributed by atoms with Crippen molar-refractivity contribution >= 4 is 28.5 Å². The lowest BCUT2D eigenvalue weighted by Crippen LogP contribution is -2.41. The van der Waals surface area contributed by atoms with Crippen molar-refractivity contribution in [1.82, 2.24) is 19.7 Å². The number of nitrogens with one attached hydrogen (secondary N) is 1. The molecule has 0 saturated carbocycles. The number of para-hydroxylation sites is 1. The van der Waals surface area contributed by atoms with E-state index in [9.17, 15) is 8.42 Å². The Hall–Kier alpha value is -4.30. The van der Waals surface area contributed by atoms with Crippen molar-refractivity contribution in [3.8, 4) is 34.6 Å². The molecule has 220 valence electrons. The predicted octanol–water partition coefficient (Wildman–Crippen LogP) is 3.91. The maximum Gasteiger partial charge on any atom is 0.243 e. The molecule has 0 aliphatic carbocycles. The molecular weight excluding hydrogens is 550 g/mol. The fraction of sp³-hybridized carbons (Fsp3) is 0.370. The van der Waals surface area contributed by atoms with Gasteiger partial charge in [-0.25, -0.2) is 23.4 Å². The number of rotatable bonds is 13. The molecule has 13 nitrogen and oxygen atoms in total. The van der Waals surface area contributed by atoms with Crippen LogP contribution in [0.5, 0.6) is 17.4 Å². The van der Waals surface area contributed by atoms with Crippen LogP contribution in [-0.4, -0.2) is 80.0 Å². The molecule has 14 heteroatoms. The number of benzene rings is 1. The highest BCUT2D eigenvalue weighted by Crippen LogP contribution is 2.37. The Balaban J connectivity index is 2.20. The summed E-state index contributed by atoms with van der Waals surface area (Å²) in [4.78, 5) is 12.7. The van der Waals surface area contributed by atoms with Gasteiger partial charge in [0.25, 0.3) is 0 Å². The maximum atomic E-state index is 13.7. The number of hydrogen-bond donors (Lipinski definition) is 1. The second-order valence-electron chi connectivity index (χ2n) is 8.85. The molecule has 0 unspecified atom stereocenters. The Bertz CT molecular complexity index is 1510. The van der Waals surface area contributed by atoms with Crippen molar-refractivity contribution < 1.29 is 27.4 Å². The second-order valence-corrected chi connectivity index (χ2v) is 10.9. The molecule has 0 aliphatic rings. The lowest BCUT2D eigenvalue weighted by Gasteiger charge is -2.23. The van der Waals surface area contributed by atoms with Crippen LogP contribution in [0.1, 0.15) is 27.7 Å². The van der Waals surface area contributed by atoms with E-state index >= 15 is 0 Å². The molecule has 3 rings (SSSR count). The highest BCUT2D eigenvalue weighted by atomic mass is 32.2. The summed E-state index contributed by atoms with van der Waals surface area (Å²) >= 11 is 0. The minimum Gasteiger partial charge on any atom is -0.494 e. The SMILES string of the molecule is C=NC(=NC=C(C)C)[C@@H](OC)[C@H](C)S(=O)(=O)Nc1nnc(-c2cccc(OCC)n2)n1-c1c(OC)cccc1OC. The summed E-state index contributed by atoms with van der Waals surface area (Å²) in [5.74, 6) is 1.30. The second kappa shape index (κ2) is 13.9. The van der Waals surface area contributed by atoms with E-state index in [1.165, 1.54) is 32.8 Å². The fourth-order valence-electron chi connectivity index (χ4n) is 3.84. The van der Waals surface area contributed by atoms with E-state index in [-0.39, 0.29) is 17.6 Å². The molecule has 0 spiro atoms. The largest absolute Gasteiger partial charge is 0.494 e. The Morgan fingerprint density at radius 3 is 2.32 bits per heavy atom. The van der Waals surface area contributed by atoms with Gasteiger partial charge >= 0.3 is 0 Å². The van der Waals surface area contributed by atoms with Crippen LogP contribution < -0.4 is 18.9 Å². The lowest BCUT2D eigenvalue weighted by atomic mass is 10.2. The summed E-state index contributed by atoms with van der Waals surface area (Å²) in [6, 6.07) is 10.3. The number of ether oxygens (including phenoxy) is 4. The topological polar surface area (TPSA) is 151 Å². The van der Waals surface area contributed by atoms with Crippen LogP contribution in [0, 0.1) is 0 Å². The predicted molar refractivity (Wildman–Crippen MR) is 158 cm³/mol. The first kappa shape index (κ1) is 31.2. The van der Waals surface area contributed by atoms with Gasteiger partial charge in [0.1, 0.15) is 34.2 Å². The zero-order valence-electron chi connectivity index (χ0n) is 24.2. The van der Waals surface area contributed by atoms with Crippen molar-refractivity contribution in [1.29, 1.82) is 0 Å². The third-order valence-electron chi connectivity index (χ3n) is 5.81. The monoisotopic (exact) mass is 585 g/mol. The number of methoxy groups -OCH3 is 3. The number of aliphatic imine (C=N–C) groups is 2. The van der Waals surface area contributed by atoms with Crippen LogP contribution in [0.3, 0.4) is 0 Å². The summed E-state index contributed by atoms with van der Waals surface area (Å²) in [6.07, 6.45) is 0.519. The first-order valence-electron chi connectivity index (χ1n) is 12.6. The number of amidine groups is 1. The van der Waals surface area contributed by atoms with Gasteiger partial charge in [-0.3, -0.25) is 9.29 Å². The van der Waals surface area contributed by atoms with E-state index < -0.39 is 21.4 Å². The van der Waals surface area contributed by atoms with Crippen LogP contribution in [0.25, 0.3) is 17.2 Å². The van der Waals surface area contributed by atoms with Gasteiger partial charge in [-0.15, -0.1) is 10.2 Å². The average molecular weight is 586 g/mol. The highest BCUT2D eigenvalue weighted by molar-refractivity contribution is 7.93. The standard InChI is InChI=1S/C27H35N7O6S/c1-9-40-22-15-10-12-19(30-22)26-31-32-27(34(26)23-20(37-6)13-11-14-21(23)38-7)33-41(35,36)18(4)24(39-8)25(28-5)29-16-17(2)3/h10-16,18,24H,5,9H2,1-4,6-8H3,(H,32,33)/t18-,24-/m0/s1. The molecule has 0 fully saturated rings. The van der Waals surface area contributed by atoms with Gasteiger partial charge in [0, 0.05) is 19.4 Å². The lowest BCUT2D eigenvalue weighted by molar-refractivity contribution is 0.154. The number of nitrogens with zero attached hydrogens (tertiary/aromatic N) is 6. The fourth-order valence-corrected chi connectivity index (χ4v) is 4.97. The number of allylic oxidation sites excluding steroid dienone is 1. The van der Waals surface area contributed by atoms with Gasteiger partial charge in [-0.2, -0.15) is 0 Å². The molecule has 41 heavy (non-hydrogen) atoms. The van der Waals surface area contributed by atoms with Crippen LogP contribution in [-0.2, 0) is 14.8 Å². The summed E-state index contributed by atoms with van der Waals surface area (Å²) in [5, 5.41) is 7.30. The maximum absolute atomic E-state index is 13.7. The summed E-state index contributed by atoms with van der Waals surface area (Å²) in [7, 11) is 0.158. The molecule has 1 aromatic carbocycles. The Labute approximate surface area is 240 Å². The normalized spacial score (nSPS) is 13.2. The van der Waals surface area contributed by atoms with Gasteiger partial charge in [-0.1, -0.05) is 17.7 Å². The molecule has 0 radical (unpaired) electrons. The molecule has 0 aliphatic heterocycles. The third-order valence-corrected chi connectivity index (χ3v) is 7.50. The van der Waals surface area contributed by atoms with Gasteiger partial charge in [0.05, 0.1) is 20.8 Å². The molecular formula is C27H35N7O6S. The van der Waals surface area contributed by atoms with Crippen LogP contribution in [0.2, 0.25) is 0 Å². The number of anilines is 1. The van der Waals surface area contributed by atoms with Crippen molar-refractivity contribution in [2.24, 2.45) is 9.98 Å². The van der Waals surface area contributed by atoms with E-state index in [2.05, 4.69) is 36.6 Å². The molecule has 2 atom stereocenters. The zero-order chi connectivity index (χ0) is 30.2. The molecule has 2 heterocycles. The third kappa shape index (κ3) is 7.08. The number of pyridine rings is 1. The Morgan fingerprint density at radius 2 is 1.76 bits per heavy atom. The Kier molecular flexibility index (Phi) is 10.6.